The van der Waals surface area contributed by atoms with Crippen molar-refractivity contribution in [1.29, 1.82) is 0 Å². The maximum absolute atomic E-state index is 11.1. The van der Waals surface area contributed by atoms with E-state index in [1.54, 1.807) is 0 Å². The molecule has 0 fully saturated rings. The fourth-order valence-electron chi connectivity index (χ4n) is 1.25. The van der Waals surface area contributed by atoms with Gasteiger partial charge in [0.15, 0.2) is 6.29 Å². The summed E-state index contributed by atoms with van der Waals surface area (Å²) in [6.07, 6.45) is 0.228. The number of carbonyl (C=O) groups is 2. The predicted octanol–water partition coefficient (Wildman–Crippen LogP) is 1.75. The third kappa shape index (κ3) is 3.64. The van der Waals surface area contributed by atoms with E-state index in [1.807, 2.05) is 37.3 Å². The standard InChI is InChI=1S/C12H14O3/c1-2-12(11(14)8-13)15-9-10-6-4-3-5-7-10/h3-8,12H,2,9H2,1H3. The summed E-state index contributed by atoms with van der Waals surface area (Å²) in [4.78, 5) is 21.4. The number of Topliss-reactive ketones (excluding diaryl/α,β-unsaturated/α-hetero) is 1. The summed E-state index contributed by atoms with van der Waals surface area (Å²) >= 11 is 0. The summed E-state index contributed by atoms with van der Waals surface area (Å²) in [5.41, 5.74) is 0.995. The minimum atomic E-state index is -0.609. The van der Waals surface area contributed by atoms with Crippen LogP contribution in [0.5, 0.6) is 0 Å². The largest absolute Gasteiger partial charge is 0.365 e. The van der Waals surface area contributed by atoms with Gasteiger partial charge >= 0.3 is 0 Å². The zero-order chi connectivity index (χ0) is 11.1. The van der Waals surface area contributed by atoms with Crippen LogP contribution in [0.25, 0.3) is 0 Å². The highest BCUT2D eigenvalue weighted by molar-refractivity contribution is 6.27. The first-order valence-corrected chi connectivity index (χ1v) is 4.92. The van der Waals surface area contributed by atoms with E-state index in [0.29, 0.717) is 19.3 Å². The monoisotopic (exact) mass is 206 g/mol. The first-order chi connectivity index (χ1) is 7.27. The second kappa shape index (κ2) is 6.09. The molecule has 1 unspecified atom stereocenters. The molecule has 0 spiro atoms. The molecule has 3 heteroatoms. The Bertz CT molecular complexity index is 319. The van der Waals surface area contributed by atoms with Gasteiger partial charge in [-0.1, -0.05) is 37.3 Å². The Morgan fingerprint density at radius 2 is 2.07 bits per heavy atom. The lowest BCUT2D eigenvalue weighted by Gasteiger charge is -2.11. The molecule has 0 aliphatic carbocycles. The van der Waals surface area contributed by atoms with Gasteiger partial charge in [0.1, 0.15) is 6.10 Å². The lowest BCUT2D eigenvalue weighted by molar-refractivity contribution is -0.138. The van der Waals surface area contributed by atoms with Crippen molar-refractivity contribution in [3.05, 3.63) is 35.9 Å². The molecule has 3 nitrogen and oxygen atoms in total. The molecule has 0 aliphatic heterocycles. The van der Waals surface area contributed by atoms with Gasteiger partial charge in [0.25, 0.3) is 0 Å². The van der Waals surface area contributed by atoms with Crippen LogP contribution >= 0.6 is 0 Å². The molecule has 0 aromatic heterocycles. The molecule has 1 rings (SSSR count). The topological polar surface area (TPSA) is 43.4 Å². The van der Waals surface area contributed by atoms with Crippen LogP contribution in [0.1, 0.15) is 18.9 Å². The molecule has 0 amide bonds. The van der Waals surface area contributed by atoms with Crippen LogP contribution in [0.2, 0.25) is 0 Å². The van der Waals surface area contributed by atoms with Gasteiger partial charge < -0.3 is 4.74 Å². The Labute approximate surface area is 89.1 Å². The van der Waals surface area contributed by atoms with Crippen molar-refractivity contribution in [3.63, 3.8) is 0 Å². The third-order valence-corrected chi connectivity index (χ3v) is 2.10. The highest BCUT2D eigenvalue weighted by Gasteiger charge is 2.15. The first kappa shape index (κ1) is 11.6. The van der Waals surface area contributed by atoms with E-state index in [2.05, 4.69) is 0 Å². The van der Waals surface area contributed by atoms with Gasteiger partial charge in [-0.05, 0) is 12.0 Å². The number of hydrogen-bond donors (Lipinski definition) is 0. The molecule has 1 atom stereocenters. The molecule has 0 heterocycles. The molecule has 15 heavy (non-hydrogen) atoms. The van der Waals surface area contributed by atoms with E-state index in [4.69, 9.17) is 4.74 Å². The van der Waals surface area contributed by atoms with Gasteiger partial charge in [0.2, 0.25) is 5.78 Å². The number of hydrogen-bond acceptors (Lipinski definition) is 3. The lowest BCUT2D eigenvalue weighted by atomic mass is 10.2. The van der Waals surface area contributed by atoms with E-state index in [1.165, 1.54) is 0 Å². The fourth-order valence-corrected chi connectivity index (χ4v) is 1.25. The molecule has 0 saturated carbocycles. The average molecular weight is 206 g/mol. The Hall–Kier alpha value is -1.48. The van der Waals surface area contributed by atoms with Crippen molar-refractivity contribution in [2.24, 2.45) is 0 Å². The van der Waals surface area contributed by atoms with Crippen LogP contribution in [0.4, 0.5) is 0 Å². The van der Waals surface area contributed by atoms with Crippen molar-refractivity contribution in [2.45, 2.75) is 26.1 Å². The Kier molecular flexibility index (Phi) is 4.71. The van der Waals surface area contributed by atoms with Gasteiger partial charge in [-0.15, -0.1) is 0 Å². The second-order valence-electron chi connectivity index (χ2n) is 3.21. The summed E-state index contributed by atoms with van der Waals surface area (Å²) in [5, 5.41) is 0. The van der Waals surface area contributed by atoms with E-state index in [0.717, 1.165) is 5.56 Å². The molecular weight excluding hydrogens is 192 g/mol. The SMILES string of the molecule is CCC(OCc1ccccc1)C(=O)C=O. The molecule has 80 valence electrons. The Balaban J connectivity index is 2.48. The van der Waals surface area contributed by atoms with E-state index in [9.17, 15) is 9.59 Å². The fraction of sp³-hybridized carbons (Fsp3) is 0.333. The van der Waals surface area contributed by atoms with Crippen LogP contribution < -0.4 is 0 Å². The zero-order valence-corrected chi connectivity index (χ0v) is 8.68. The first-order valence-electron chi connectivity index (χ1n) is 4.92. The van der Waals surface area contributed by atoms with Gasteiger partial charge in [0, 0.05) is 0 Å². The quantitative estimate of drug-likeness (QED) is 0.526. The predicted molar refractivity (Wildman–Crippen MR) is 56.4 cm³/mol. The van der Waals surface area contributed by atoms with Gasteiger partial charge in [-0.25, -0.2) is 0 Å². The molecule has 0 aliphatic rings. The van der Waals surface area contributed by atoms with Gasteiger partial charge in [-0.3, -0.25) is 9.59 Å². The van der Waals surface area contributed by atoms with Crippen molar-refractivity contribution < 1.29 is 14.3 Å². The Morgan fingerprint density at radius 1 is 1.40 bits per heavy atom. The normalized spacial score (nSPS) is 12.1. The number of aldehydes is 1. The number of rotatable bonds is 6. The molecule has 0 saturated heterocycles. The molecule has 0 radical (unpaired) electrons. The van der Waals surface area contributed by atoms with Crippen LogP contribution in [0.15, 0.2) is 30.3 Å². The summed E-state index contributed by atoms with van der Waals surface area (Å²) in [6, 6.07) is 9.55. The highest BCUT2D eigenvalue weighted by Crippen LogP contribution is 2.05. The zero-order valence-electron chi connectivity index (χ0n) is 8.68. The van der Waals surface area contributed by atoms with E-state index in [-0.39, 0.29) is 0 Å². The minimum absolute atomic E-state index is 0.319. The maximum Gasteiger partial charge on any atom is 0.223 e. The highest BCUT2D eigenvalue weighted by atomic mass is 16.5. The lowest BCUT2D eigenvalue weighted by Crippen LogP contribution is -2.24. The molecule has 1 aromatic rings. The summed E-state index contributed by atoms with van der Waals surface area (Å²) in [7, 11) is 0. The minimum Gasteiger partial charge on any atom is -0.365 e. The van der Waals surface area contributed by atoms with Crippen molar-refractivity contribution >= 4 is 12.1 Å². The third-order valence-electron chi connectivity index (χ3n) is 2.10. The number of ketones is 1. The van der Waals surface area contributed by atoms with E-state index >= 15 is 0 Å². The summed E-state index contributed by atoms with van der Waals surface area (Å²) < 4.78 is 5.35. The van der Waals surface area contributed by atoms with Gasteiger partial charge in [0.05, 0.1) is 6.61 Å². The van der Waals surface area contributed by atoms with Crippen molar-refractivity contribution in [3.8, 4) is 0 Å². The van der Waals surface area contributed by atoms with Crippen LogP contribution in [0, 0.1) is 0 Å². The molecular formula is C12H14O3. The number of benzene rings is 1. The van der Waals surface area contributed by atoms with Crippen LogP contribution in [0.3, 0.4) is 0 Å². The molecule has 0 N–H and O–H groups in total. The molecule has 1 aromatic carbocycles. The van der Waals surface area contributed by atoms with Crippen LogP contribution in [-0.2, 0) is 20.9 Å². The molecule has 0 bridgehead atoms. The maximum atomic E-state index is 11.1. The summed E-state index contributed by atoms with van der Waals surface area (Å²) in [5.74, 6) is -0.492. The average Bonchev–Trinajstić information content (AvgIpc) is 2.31. The second-order valence-corrected chi connectivity index (χ2v) is 3.21. The van der Waals surface area contributed by atoms with Crippen molar-refractivity contribution in [2.75, 3.05) is 0 Å². The van der Waals surface area contributed by atoms with Crippen molar-refractivity contribution in [1.82, 2.24) is 0 Å². The van der Waals surface area contributed by atoms with E-state index < -0.39 is 11.9 Å². The summed E-state index contributed by atoms with van der Waals surface area (Å²) in [6.45, 7) is 2.18. The van der Waals surface area contributed by atoms with Gasteiger partial charge in [-0.2, -0.15) is 0 Å². The number of ether oxygens (including phenoxy) is 1. The number of carbonyl (C=O) groups excluding carboxylic acids is 2. The smallest absolute Gasteiger partial charge is 0.223 e. The van der Waals surface area contributed by atoms with Crippen LogP contribution in [-0.4, -0.2) is 18.2 Å². The Morgan fingerprint density at radius 3 is 2.60 bits per heavy atom.